The van der Waals surface area contributed by atoms with Gasteiger partial charge < -0.3 is 20.0 Å². The van der Waals surface area contributed by atoms with Crippen molar-refractivity contribution < 1.29 is 53.1 Å². The zero-order valence-electron chi connectivity index (χ0n) is 13.0. The van der Waals surface area contributed by atoms with Crippen LogP contribution in [0.4, 0.5) is 5.69 Å². The minimum atomic E-state index is -4.40. The van der Waals surface area contributed by atoms with Crippen molar-refractivity contribution in [3.8, 4) is 0 Å². The second kappa shape index (κ2) is 9.78. The van der Waals surface area contributed by atoms with Crippen molar-refractivity contribution in [1.29, 1.82) is 0 Å². The number of aliphatic hydroxyl groups excluding tert-OH is 1. The topological polar surface area (TPSA) is 112 Å². The predicted octanol–water partition coefficient (Wildman–Crippen LogP) is -2.78. The van der Waals surface area contributed by atoms with Crippen molar-refractivity contribution in [2.75, 3.05) is 23.7 Å². The number of anilines is 1. The summed E-state index contributed by atoms with van der Waals surface area (Å²) in [6.45, 7) is 6.61. The monoisotopic (exact) mass is 327 g/mol. The van der Waals surface area contributed by atoms with Crippen LogP contribution < -0.4 is 34.5 Å². The average molecular weight is 327 g/mol. The van der Waals surface area contributed by atoms with Gasteiger partial charge in [-0.1, -0.05) is 6.07 Å². The Morgan fingerprint density at radius 3 is 2.10 bits per heavy atom. The Kier molecular flexibility index (Phi) is 10.8. The van der Waals surface area contributed by atoms with Crippen molar-refractivity contribution in [2.24, 2.45) is 0 Å². The molecule has 1 aromatic carbocycles. The molecule has 1 rings (SSSR count). The van der Waals surface area contributed by atoms with Crippen LogP contribution in [0.1, 0.15) is 18.1 Å². The van der Waals surface area contributed by atoms with Gasteiger partial charge in [-0.25, -0.2) is 8.42 Å². The fourth-order valence-electron chi connectivity index (χ4n) is 2.09. The van der Waals surface area contributed by atoms with E-state index in [2.05, 4.69) is 0 Å². The van der Waals surface area contributed by atoms with Gasteiger partial charge in [0.1, 0.15) is 0 Å². The minimum absolute atomic E-state index is 0. The molecule has 0 saturated carbocycles. The summed E-state index contributed by atoms with van der Waals surface area (Å²) in [6.07, 6.45) is -1.18. The average Bonchev–Trinajstić information content (AvgIpc) is 2.21. The summed E-state index contributed by atoms with van der Waals surface area (Å²) in [5, 5.41) is 9.67. The maximum atomic E-state index is 10.6. The summed E-state index contributed by atoms with van der Waals surface area (Å²) < 4.78 is 31.9. The number of aliphatic hydroxyl groups is 1. The first-order valence-corrected chi connectivity index (χ1v) is 7.74. The third kappa shape index (κ3) is 8.77. The maximum Gasteiger partial charge on any atom is 1.00 e. The minimum Gasteiger partial charge on any atom is -0.748 e. The Morgan fingerprint density at radius 1 is 1.24 bits per heavy atom. The van der Waals surface area contributed by atoms with E-state index in [0.29, 0.717) is 6.54 Å². The van der Waals surface area contributed by atoms with E-state index in [9.17, 15) is 18.1 Å². The van der Waals surface area contributed by atoms with Gasteiger partial charge in [0.05, 0.1) is 22.0 Å². The summed E-state index contributed by atoms with van der Waals surface area (Å²) in [7, 11) is -4.40. The van der Waals surface area contributed by atoms with E-state index in [1.807, 2.05) is 43.9 Å². The molecule has 1 unspecified atom stereocenters. The molecule has 0 aromatic heterocycles. The molecule has 0 saturated heterocycles. The van der Waals surface area contributed by atoms with Gasteiger partial charge in [0.2, 0.25) is 0 Å². The summed E-state index contributed by atoms with van der Waals surface area (Å²) in [5.74, 6) is -0.756. The van der Waals surface area contributed by atoms with Crippen LogP contribution in [0.25, 0.3) is 0 Å². The van der Waals surface area contributed by atoms with E-state index in [-0.39, 0.29) is 41.6 Å². The first-order chi connectivity index (χ1) is 8.71. The zero-order valence-corrected chi connectivity index (χ0v) is 15.8. The van der Waals surface area contributed by atoms with Gasteiger partial charge in [-0.05, 0) is 44.0 Å². The molecule has 0 bridgehead atoms. The second-order valence-corrected chi connectivity index (χ2v) is 6.21. The zero-order chi connectivity index (χ0) is 14.6. The van der Waals surface area contributed by atoms with Gasteiger partial charge >= 0.3 is 29.6 Å². The molecule has 0 radical (unpaired) electrons. The smallest absolute Gasteiger partial charge is 0.748 e. The van der Waals surface area contributed by atoms with Crippen molar-refractivity contribution in [1.82, 2.24) is 0 Å². The molecule has 0 aliphatic carbocycles. The predicted molar refractivity (Wildman–Crippen MR) is 78.0 cm³/mol. The summed E-state index contributed by atoms with van der Waals surface area (Å²) in [6, 6.07) is 5.97. The molecule has 0 amide bonds. The molecule has 21 heavy (non-hydrogen) atoms. The molecule has 0 spiro atoms. The number of benzene rings is 1. The molecule has 8 heteroatoms. The van der Waals surface area contributed by atoms with Crippen molar-refractivity contribution in [2.45, 2.75) is 26.9 Å². The molecule has 0 heterocycles. The Labute approximate surface area is 148 Å². The number of aryl methyl sites for hydroxylation is 2. The first-order valence-electron chi connectivity index (χ1n) is 6.16. The molecule has 116 valence electrons. The van der Waals surface area contributed by atoms with E-state index in [0.717, 1.165) is 16.8 Å². The van der Waals surface area contributed by atoms with Gasteiger partial charge in [-0.15, -0.1) is 0 Å². The van der Waals surface area contributed by atoms with Crippen LogP contribution in [0.5, 0.6) is 0 Å². The van der Waals surface area contributed by atoms with Crippen LogP contribution in [0.3, 0.4) is 0 Å². The van der Waals surface area contributed by atoms with Crippen molar-refractivity contribution >= 4 is 15.8 Å². The first kappa shape index (κ1) is 23.1. The molecule has 0 aliphatic heterocycles. The standard InChI is InChI=1S/C13H21NO4S.Na.H2O/c1-4-14(8-13(15)9-19(16,17)18)12-6-10(2)5-11(3)7-12;;/h5-7,13,15H,4,8-9H2,1-3H3,(H,16,17,18);;1H2/q;+1;/p-1. The van der Waals surface area contributed by atoms with E-state index in [1.54, 1.807) is 0 Å². The SMILES string of the molecule is CCN(CC(O)CS(=O)(=O)[O-])c1cc(C)cc(C)c1.O.[Na+]. The van der Waals surface area contributed by atoms with Crippen LogP contribution in [0.2, 0.25) is 0 Å². The fraction of sp³-hybridized carbons (Fsp3) is 0.538. The number of hydrogen-bond donors (Lipinski definition) is 1. The Balaban J connectivity index is 0. The van der Waals surface area contributed by atoms with Crippen molar-refractivity contribution in [3.05, 3.63) is 29.3 Å². The molecule has 0 fully saturated rings. The summed E-state index contributed by atoms with van der Waals surface area (Å²) >= 11 is 0. The van der Waals surface area contributed by atoms with Gasteiger partial charge in [0, 0.05) is 18.8 Å². The van der Waals surface area contributed by atoms with E-state index in [4.69, 9.17) is 0 Å². The van der Waals surface area contributed by atoms with E-state index < -0.39 is 22.0 Å². The van der Waals surface area contributed by atoms with Gasteiger partial charge in [0.15, 0.2) is 0 Å². The summed E-state index contributed by atoms with van der Waals surface area (Å²) in [5.41, 5.74) is 3.11. The Bertz CT molecular complexity index is 515. The van der Waals surface area contributed by atoms with Gasteiger partial charge in [-0.2, -0.15) is 0 Å². The van der Waals surface area contributed by atoms with Gasteiger partial charge in [-0.3, -0.25) is 0 Å². The van der Waals surface area contributed by atoms with Crippen LogP contribution >= 0.6 is 0 Å². The number of hydrogen-bond acceptors (Lipinski definition) is 5. The van der Waals surface area contributed by atoms with E-state index >= 15 is 0 Å². The summed E-state index contributed by atoms with van der Waals surface area (Å²) in [4.78, 5) is 1.86. The fourth-order valence-corrected chi connectivity index (χ4v) is 2.67. The molecular weight excluding hydrogens is 305 g/mol. The van der Waals surface area contributed by atoms with Crippen LogP contribution in [0, 0.1) is 13.8 Å². The van der Waals surface area contributed by atoms with Gasteiger partial charge in [0.25, 0.3) is 0 Å². The Morgan fingerprint density at radius 2 is 1.71 bits per heavy atom. The molecular formula is C13H22NNaO5S. The largest absolute Gasteiger partial charge is 1.00 e. The van der Waals surface area contributed by atoms with Crippen LogP contribution in [-0.4, -0.2) is 48.5 Å². The molecule has 1 aromatic rings. The Hall–Kier alpha value is -0.150. The number of likely N-dealkylation sites (N-methyl/N-ethyl adjacent to an activating group) is 1. The molecule has 3 N–H and O–H groups in total. The molecule has 1 atom stereocenters. The third-order valence-electron chi connectivity index (χ3n) is 2.78. The quantitative estimate of drug-likeness (QED) is 0.448. The van der Waals surface area contributed by atoms with E-state index in [1.165, 1.54) is 0 Å². The maximum absolute atomic E-state index is 10.6. The van der Waals surface area contributed by atoms with Crippen LogP contribution in [0.15, 0.2) is 18.2 Å². The van der Waals surface area contributed by atoms with Crippen LogP contribution in [-0.2, 0) is 10.1 Å². The third-order valence-corrected chi connectivity index (χ3v) is 3.57. The molecule has 0 aliphatic rings. The second-order valence-electron chi connectivity index (χ2n) is 4.76. The number of rotatable bonds is 6. The normalized spacial score (nSPS) is 12.0. The number of nitrogens with zero attached hydrogens (tertiary/aromatic N) is 1. The van der Waals surface area contributed by atoms with Crippen molar-refractivity contribution in [3.63, 3.8) is 0 Å². The molecule has 6 nitrogen and oxygen atoms in total.